The van der Waals surface area contributed by atoms with Gasteiger partial charge in [0.05, 0.1) is 17.6 Å². The zero-order valence-electron chi connectivity index (χ0n) is 8.12. The molecule has 0 rings (SSSR count). The molecule has 0 atom stereocenters. The van der Waals surface area contributed by atoms with E-state index in [4.69, 9.17) is 9.85 Å². The molecular weight excluding hydrogens is 158 g/mol. The zero-order chi connectivity index (χ0) is 9.78. The van der Waals surface area contributed by atoms with Crippen molar-refractivity contribution in [3.05, 3.63) is 0 Å². The Kier molecular flexibility index (Phi) is 3.79. The van der Waals surface area contributed by atoms with Crippen LogP contribution in [0.1, 0.15) is 17.0 Å². The molecule has 0 aliphatic carbocycles. The Bertz CT molecular complexity index is 194. The van der Waals surface area contributed by atoms with E-state index in [-0.39, 0.29) is 25.2 Å². The summed E-state index contributed by atoms with van der Waals surface area (Å²) in [6.07, 6.45) is -0.497. The van der Waals surface area contributed by atoms with E-state index in [0.29, 0.717) is 0 Å². The smallest absolute Gasteiger partial charge is 0.306 e. The molecule has 0 fully saturated rings. The molecule has 0 aromatic carbocycles. The highest BCUT2D eigenvalue weighted by Crippen LogP contribution is 1.88. The normalized spacial score (nSPS) is 13.4. The van der Waals surface area contributed by atoms with Crippen LogP contribution in [0.5, 0.6) is 0 Å². The Hall–Kier alpha value is -0.770. The first kappa shape index (κ1) is 5.97. The maximum atomic E-state index is 10.6. The number of esters is 1. The number of ether oxygens (including phenoxy) is 1. The van der Waals surface area contributed by atoms with Gasteiger partial charge in [0, 0.05) is 6.42 Å². The van der Waals surface area contributed by atoms with Crippen LogP contribution in [0, 0.1) is 0 Å². The molecule has 0 saturated heterocycles. The Morgan fingerprint density at radius 2 is 2.20 bits per heavy atom. The molecule has 0 bridgehead atoms. The van der Waals surface area contributed by atoms with Crippen LogP contribution in [0.3, 0.4) is 0 Å². The maximum Gasteiger partial charge on any atom is 0.306 e. The number of amides is 1. The number of rotatable bonds is 3. The summed E-state index contributed by atoms with van der Waals surface area (Å²) in [6.45, 7) is 0. The summed E-state index contributed by atoms with van der Waals surface area (Å²) >= 11 is 0. The summed E-state index contributed by atoms with van der Waals surface area (Å²) in [7, 11) is -2.74. The monoisotopic (exact) mass is 170 g/mol. The van der Waals surface area contributed by atoms with E-state index < -0.39 is 18.9 Å². The number of primary amides is 1. The molecule has 5 heteroatoms. The fraction of sp³-hybridized carbons (Fsp3) is 0.600. The van der Waals surface area contributed by atoms with E-state index in [2.05, 4.69) is 4.74 Å². The van der Waals surface area contributed by atoms with Crippen molar-refractivity contribution in [3.8, 4) is 0 Å². The van der Waals surface area contributed by atoms with Gasteiger partial charge in [-0.25, -0.2) is 0 Å². The number of hydrogen-bond acceptors (Lipinski definition) is 3. The molecule has 60 valence electrons. The van der Waals surface area contributed by atoms with Crippen LogP contribution < -0.4 is 5.73 Å². The van der Waals surface area contributed by atoms with E-state index in [1.807, 2.05) is 0 Å². The molecule has 0 spiro atoms. The summed E-state index contributed by atoms with van der Waals surface area (Å²) in [5.74, 6) is -1.62. The van der Waals surface area contributed by atoms with Gasteiger partial charge in [-0.05, 0) is 0 Å². The molecule has 0 radical (unpaired) electrons. The van der Waals surface area contributed by atoms with E-state index in [1.54, 1.807) is 0 Å². The third-order valence-corrected chi connectivity index (χ3v) is 0.689. The van der Waals surface area contributed by atoms with Gasteiger partial charge in [-0.3, -0.25) is 9.59 Å². The van der Waals surface area contributed by atoms with Gasteiger partial charge in [0.1, 0.15) is 0 Å². The summed E-state index contributed by atoms with van der Waals surface area (Å²) < 4.78 is 23.5. The number of carbonyl (C=O) groups is 2. The number of carbonyl (C=O) groups excluding carboxylic acids is 2. The SMILES string of the molecule is Cl.[2H]C([2H])([2H])OC(=O)CCC(N)=O. The molecule has 0 aliphatic rings. The van der Waals surface area contributed by atoms with Crippen molar-refractivity contribution in [3.63, 3.8) is 0 Å². The molecule has 0 unspecified atom stereocenters. The maximum absolute atomic E-state index is 10.6. The van der Waals surface area contributed by atoms with Crippen molar-refractivity contribution >= 4 is 24.3 Å². The molecular formula is C5H10ClNO3. The lowest BCUT2D eigenvalue weighted by atomic mass is 10.3. The minimum absolute atomic E-state index is 0. The Morgan fingerprint density at radius 3 is 2.60 bits per heavy atom. The molecule has 0 aliphatic heterocycles. The average molecular weight is 171 g/mol. The molecule has 0 aromatic rings. The zero-order valence-corrected chi connectivity index (χ0v) is 5.94. The summed E-state index contributed by atoms with van der Waals surface area (Å²) in [6, 6.07) is 0. The van der Waals surface area contributed by atoms with Crippen LogP contribution in [0.25, 0.3) is 0 Å². The lowest BCUT2D eigenvalue weighted by Crippen LogP contribution is -2.13. The Morgan fingerprint density at radius 1 is 1.60 bits per heavy atom. The molecule has 0 saturated carbocycles. The second kappa shape index (κ2) is 6.35. The third-order valence-electron chi connectivity index (χ3n) is 0.689. The van der Waals surface area contributed by atoms with Crippen LogP contribution in [0.15, 0.2) is 0 Å². The largest absolute Gasteiger partial charge is 0.469 e. The first-order chi connectivity index (χ1) is 5.31. The number of methoxy groups -OCH3 is 1. The Labute approximate surface area is 69.3 Å². The van der Waals surface area contributed by atoms with Crippen molar-refractivity contribution in [1.29, 1.82) is 0 Å². The molecule has 10 heavy (non-hydrogen) atoms. The van der Waals surface area contributed by atoms with Crippen molar-refractivity contribution in [2.24, 2.45) is 5.73 Å². The van der Waals surface area contributed by atoms with Gasteiger partial charge in [-0.2, -0.15) is 0 Å². The van der Waals surface area contributed by atoms with Crippen molar-refractivity contribution in [2.45, 2.75) is 12.8 Å². The van der Waals surface area contributed by atoms with Gasteiger partial charge in [0.25, 0.3) is 0 Å². The molecule has 0 heterocycles. The highest BCUT2D eigenvalue weighted by atomic mass is 35.5. The third kappa shape index (κ3) is 7.23. The van der Waals surface area contributed by atoms with E-state index in [9.17, 15) is 9.59 Å². The Balaban J connectivity index is 0. The van der Waals surface area contributed by atoms with Crippen LogP contribution in [0.2, 0.25) is 0 Å². The minimum Gasteiger partial charge on any atom is -0.469 e. The van der Waals surface area contributed by atoms with E-state index >= 15 is 0 Å². The predicted octanol–water partition coefficient (Wildman–Crippen LogP) is -0.153. The number of hydrogen-bond donors (Lipinski definition) is 1. The highest BCUT2D eigenvalue weighted by Gasteiger charge is 2.01. The predicted molar refractivity (Wildman–Crippen MR) is 37.7 cm³/mol. The van der Waals surface area contributed by atoms with E-state index in [0.717, 1.165) is 0 Å². The molecule has 0 aromatic heterocycles. The van der Waals surface area contributed by atoms with Crippen LogP contribution >= 0.6 is 12.4 Å². The van der Waals surface area contributed by atoms with Crippen molar-refractivity contribution in [2.75, 3.05) is 7.04 Å². The van der Waals surface area contributed by atoms with Crippen LogP contribution in [-0.4, -0.2) is 18.9 Å². The fourth-order valence-corrected chi connectivity index (χ4v) is 0.276. The summed E-state index contributed by atoms with van der Waals surface area (Å²) in [5.41, 5.74) is 4.72. The van der Waals surface area contributed by atoms with Crippen molar-refractivity contribution in [1.82, 2.24) is 0 Å². The minimum atomic E-state index is -2.74. The second-order valence-corrected chi connectivity index (χ2v) is 1.44. The topological polar surface area (TPSA) is 69.4 Å². The number of nitrogens with two attached hydrogens (primary N) is 1. The number of halogens is 1. The fourth-order valence-electron chi connectivity index (χ4n) is 0.276. The van der Waals surface area contributed by atoms with Gasteiger partial charge < -0.3 is 10.5 Å². The quantitative estimate of drug-likeness (QED) is 0.599. The molecule has 1 amide bonds. The lowest BCUT2D eigenvalue weighted by molar-refractivity contribution is -0.141. The average Bonchev–Trinajstić information content (AvgIpc) is 1.79. The van der Waals surface area contributed by atoms with Crippen LogP contribution in [-0.2, 0) is 14.3 Å². The summed E-state index contributed by atoms with van der Waals surface area (Å²) in [5, 5.41) is 0. The standard InChI is InChI=1S/C5H9NO3.ClH/c1-9-5(8)3-2-4(6)7;/h2-3H2,1H3,(H2,6,7);1H/i1D3;. The lowest BCUT2D eigenvalue weighted by Gasteiger charge is -1.93. The van der Waals surface area contributed by atoms with E-state index in [1.165, 1.54) is 0 Å². The van der Waals surface area contributed by atoms with Gasteiger partial charge in [0.15, 0.2) is 0 Å². The van der Waals surface area contributed by atoms with Gasteiger partial charge in [-0.15, -0.1) is 12.4 Å². The van der Waals surface area contributed by atoms with Gasteiger partial charge in [0.2, 0.25) is 5.91 Å². The highest BCUT2D eigenvalue weighted by molar-refractivity contribution is 5.85. The second-order valence-electron chi connectivity index (χ2n) is 1.44. The first-order valence-electron chi connectivity index (χ1n) is 3.81. The van der Waals surface area contributed by atoms with Crippen molar-refractivity contribution < 1.29 is 18.4 Å². The first-order valence-corrected chi connectivity index (χ1v) is 2.31. The van der Waals surface area contributed by atoms with Gasteiger partial charge >= 0.3 is 5.97 Å². The van der Waals surface area contributed by atoms with Gasteiger partial charge in [-0.1, -0.05) is 0 Å². The van der Waals surface area contributed by atoms with Crippen LogP contribution in [0.4, 0.5) is 0 Å². The molecule has 4 nitrogen and oxygen atoms in total. The molecule has 2 N–H and O–H groups in total. The summed E-state index contributed by atoms with van der Waals surface area (Å²) in [4.78, 5) is 20.7.